The van der Waals surface area contributed by atoms with Crippen LogP contribution in [-0.2, 0) is 9.53 Å². The molecule has 2 amide bonds. The Bertz CT molecular complexity index is 884. The average Bonchev–Trinajstić information content (AvgIpc) is 3.55. The molecule has 0 spiro atoms. The Morgan fingerprint density at radius 3 is 2.86 bits per heavy atom. The van der Waals surface area contributed by atoms with E-state index in [1.807, 2.05) is 6.07 Å². The number of ether oxygens (including phenoxy) is 1. The van der Waals surface area contributed by atoms with Crippen LogP contribution in [0.3, 0.4) is 0 Å². The predicted octanol–water partition coefficient (Wildman–Crippen LogP) is 2.30. The summed E-state index contributed by atoms with van der Waals surface area (Å²) >= 11 is 0. The number of aromatic nitrogens is 2. The second-order valence-electron chi connectivity index (χ2n) is 7.16. The Morgan fingerprint density at radius 2 is 2.07 bits per heavy atom. The van der Waals surface area contributed by atoms with E-state index >= 15 is 0 Å². The maximum atomic E-state index is 12.8. The summed E-state index contributed by atoms with van der Waals surface area (Å²) in [5.41, 5.74) is 1.98. The van der Waals surface area contributed by atoms with Crippen LogP contribution in [0.4, 0.5) is 17.2 Å². The first-order valence-electron chi connectivity index (χ1n) is 9.48. The maximum absolute atomic E-state index is 12.8. The molecule has 4 rings (SSSR count). The van der Waals surface area contributed by atoms with Gasteiger partial charge in [-0.15, -0.1) is 0 Å². The van der Waals surface area contributed by atoms with Gasteiger partial charge in [0.25, 0.3) is 5.91 Å². The molecule has 0 bridgehead atoms. The van der Waals surface area contributed by atoms with Gasteiger partial charge in [-0.3, -0.25) is 14.6 Å². The third-order valence-electron chi connectivity index (χ3n) is 4.94. The highest BCUT2D eigenvalue weighted by atomic mass is 16.5. The Morgan fingerprint density at radius 1 is 1.21 bits per heavy atom. The molecule has 146 valence electrons. The second kappa shape index (κ2) is 7.93. The smallest absolute Gasteiger partial charge is 0.255 e. The largest absolute Gasteiger partial charge is 0.377 e. The number of hydrogen-bond acceptors (Lipinski definition) is 6. The summed E-state index contributed by atoms with van der Waals surface area (Å²) in [5, 5.41) is 5.70. The number of amides is 2. The molecule has 2 aliphatic rings. The fraction of sp³-hybridized carbons (Fsp3) is 0.400. The van der Waals surface area contributed by atoms with E-state index in [1.165, 1.54) is 6.20 Å². The van der Waals surface area contributed by atoms with E-state index in [9.17, 15) is 9.59 Å². The lowest BCUT2D eigenvalue weighted by atomic mass is 10.2. The van der Waals surface area contributed by atoms with Gasteiger partial charge in [-0.2, -0.15) is 0 Å². The first-order valence-corrected chi connectivity index (χ1v) is 9.48. The molecule has 8 nitrogen and oxygen atoms in total. The molecule has 1 atom stereocenters. The Labute approximate surface area is 163 Å². The molecular formula is C20H23N5O3. The lowest BCUT2D eigenvalue weighted by Crippen LogP contribution is -2.44. The monoisotopic (exact) mass is 381 g/mol. The molecule has 1 aliphatic carbocycles. The SMILES string of the molecule is CC1COCCN1c1ccncc1NC(=O)c1ccnc(NC(=O)C2CC2)c1. The van der Waals surface area contributed by atoms with Gasteiger partial charge in [0.2, 0.25) is 5.91 Å². The zero-order valence-corrected chi connectivity index (χ0v) is 15.7. The van der Waals surface area contributed by atoms with Crippen molar-refractivity contribution in [2.75, 3.05) is 35.3 Å². The van der Waals surface area contributed by atoms with E-state index in [-0.39, 0.29) is 23.8 Å². The second-order valence-corrected chi connectivity index (χ2v) is 7.16. The van der Waals surface area contributed by atoms with E-state index in [1.54, 1.807) is 24.5 Å². The Balaban J connectivity index is 1.50. The summed E-state index contributed by atoms with van der Waals surface area (Å²) < 4.78 is 5.50. The molecule has 1 unspecified atom stereocenters. The number of hydrogen-bond donors (Lipinski definition) is 2. The van der Waals surface area contributed by atoms with Gasteiger partial charge in [0, 0.05) is 36.5 Å². The van der Waals surface area contributed by atoms with Crippen molar-refractivity contribution >= 4 is 29.0 Å². The third-order valence-corrected chi connectivity index (χ3v) is 4.94. The van der Waals surface area contributed by atoms with E-state index < -0.39 is 0 Å². The summed E-state index contributed by atoms with van der Waals surface area (Å²) in [7, 11) is 0. The molecule has 0 aromatic carbocycles. The van der Waals surface area contributed by atoms with Crippen LogP contribution in [0, 0.1) is 5.92 Å². The molecule has 2 N–H and O–H groups in total. The maximum Gasteiger partial charge on any atom is 0.255 e. The first-order chi connectivity index (χ1) is 13.6. The fourth-order valence-electron chi connectivity index (χ4n) is 3.23. The Kier molecular flexibility index (Phi) is 5.21. The lowest BCUT2D eigenvalue weighted by Gasteiger charge is -2.36. The minimum absolute atomic E-state index is 0.0408. The highest BCUT2D eigenvalue weighted by molar-refractivity contribution is 6.06. The van der Waals surface area contributed by atoms with Gasteiger partial charge in [0.15, 0.2) is 0 Å². The minimum atomic E-state index is -0.278. The molecule has 8 heteroatoms. The molecule has 2 fully saturated rings. The van der Waals surface area contributed by atoms with Gasteiger partial charge in [-0.05, 0) is 38.0 Å². The lowest BCUT2D eigenvalue weighted by molar-refractivity contribution is -0.117. The van der Waals surface area contributed by atoms with Crippen molar-refractivity contribution < 1.29 is 14.3 Å². The van der Waals surface area contributed by atoms with Gasteiger partial charge >= 0.3 is 0 Å². The van der Waals surface area contributed by atoms with Gasteiger partial charge in [0.1, 0.15) is 5.82 Å². The summed E-state index contributed by atoms with van der Waals surface area (Å²) in [6, 6.07) is 5.31. The number of nitrogens with one attached hydrogen (secondary N) is 2. The van der Waals surface area contributed by atoms with Gasteiger partial charge in [-0.25, -0.2) is 4.98 Å². The van der Waals surface area contributed by atoms with Crippen molar-refractivity contribution in [2.45, 2.75) is 25.8 Å². The molecule has 0 radical (unpaired) electrons. The molecule has 2 aromatic rings. The molecule has 2 aromatic heterocycles. The van der Waals surface area contributed by atoms with Crippen LogP contribution >= 0.6 is 0 Å². The molecule has 1 saturated carbocycles. The van der Waals surface area contributed by atoms with Crippen molar-refractivity contribution in [3.05, 3.63) is 42.4 Å². The van der Waals surface area contributed by atoms with Crippen molar-refractivity contribution in [3.8, 4) is 0 Å². The number of morpholine rings is 1. The molecular weight excluding hydrogens is 358 g/mol. The van der Waals surface area contributed by atoms with Crippen LogP contribution in [0.1, 0.15) is 30.1 Å². The summed E-state index contributed by atoms with van der Waals surface area (Å²) in [6.07, 6.45) is 6.70. The van der Waals surface area contributed by atoms with Crippen molar-refractivity contribution in [3.63, 3.8) is 0 Å². The first kappa shape index (κ1) is 18.4. The summed E-state index contributed by atoms with van der Waals surface area (Å²) in [6.45, 7) is 4.13. The molecule has 3 heterocycles. The zero-order valence-electron chi connectivity index (χ0n) is 15.7. The topological polar surface area (TPSA) is 96.4 Å². The number of pyridine rings is 2. The molecule has 1 saturated heterocycles. The molecule has 28 heavy (non-hydrogen) atoms. The Hall–Kier alpha value is -3.00. The van der Waals surface area contributed by atoms with Crippen molar-refractivity contribution in [1.82, 2.24) is 9.97 Å². The van der Waals surface area contributed by atoms with Crippen LogP contribution in [0.2, 0.25) is 0 Å². The van der Waals surface area contributed by atoms with E-state index in [2.05, 4.69) is 32.4 Å². The summed E-state index contributed by atoms with van der Waals surface area (Å²) in [5.74, 6) is 0.144. The zero-order chi connectivity index (χ0) is 19.5. The summed E-state index contributed by atoms with van der Waals surface area (Å²) in [4.78, 5) is 35.2. The van der Waals surface area contributed by atoms with Crippen molar-refractivity contribution in [2.24, 2.45) is 5.92 Å². The predicted molar refractivity (Wildman–Crippen MR) is 105 cm³/mol. The molecule has 1 aliphatic heterocycles. The standard InChI is InChI=1S/C20H23N5O3/c1-13-12-28-9-8-25(13)17-5-6-21-11-16(17)23-20(27)15-4-7-22-18(10-15)24-19(26)14-2-3-14/h4-7,10-11,13-14H,2-3,8-9,12H2,1H3,(H,23,27)(H,22,24,26). The number of rotatable bonds is 5. The van der Waals surface area contributed by atoms with Crippen LogP contribution < -0.4 is 15.5 Å². The van der Waals surface area contributed by atoms with Crippen LogP contribution in [0.5, 0.6) is 0 Å². The van der Waals surface area contributed by atoms with Gasteiger partial charge in [-0.1, -0.05) is 0 Å². The van der Waals surface area contributed by atoms with Crippen LogP contribution in [0.15, 0.2) is 36.8 Å². The van der Waals surface area contributed by atoms with Crippen molar-refractivity contribution in [1.29, 1.82) is 0 Å². The van der Waals surface area contributed by atoms with Gasteiger partial charge < -0.3 is 20.3 Å². The van der Waals surface area contributed by atoms with Gasteiger partial charge in [0.05, 0.1) is 30.8 Å². The number of nitrogens with zero attached hydrogens (tertiary/aromatic N) is 3. The number of anilines is 3. The quantitative estimate of drug-likeness (QED) is 0.825. The number of carbonyl (C=O) groups excluding carboxylic acids is 2. The normalized spacial score (nSPS) is 19.2. The van der Waals surface area contributed by atoms with E-state index in [0.717, 1.165) is 25.1 Å². The highest BCUT2D eigenvalue weighted by Crippen LogP contribution is 2.30. The third kappa shape index (κ3) is 4.12. The van der Waals surface area contributed by atoms with E-state index in [4.69, 9.17) is 4.74 Å². The van der Waals surface area contributed by atoms with Crippen LogP contribution in [-0.4, -0.2) is 47.6 Å². The van der Waals surface area contributed by atoms with Crippen LogP contribution in [0.25, 0.3) is 0 Å². The van der Waals surface area contributed by atoms with E-state index in [0.29, 0.717) is 30.3 Å². The minimum Gasteiger partial charge on any atom is -0.377 e. The fourth-order valence-corrected chi connectivity index (χ4v) is 3.23. The number of carbonyl (C=O) groups is 2. The highest BCUT2D eigenvalue weighted by Gasteiger charge is 2.30. The average molecular weight is 381 g/mol.